The molecule has 0 aromatic carbocycles. The molecular weight excluding hydrogens is 304 g/mol. The smallest absolute Gasteiger partial charge is 0.225 e. The summed E-state index contributed by atoms with van der Waals surface area (Å²) >= 11 is 6.13. The van der Waals surface area contributed by atoms with Gasteiger partial charge in [0.05, 0.1) is 12.8 Å². The van der Waals surface area contributed by atoms with Crippen LogP contribution in [0.4, 0.5) is 0 Å². The first-order valence-corrected chi connectivity index (χ1v) is 7.41. The van der Waals surface area contributed by atoms with Crippen LogP contribution in [0.25, 0.3) is 22.4 Å². The van der Waals surface area contributed by atoms with Crippen molar-refractivity contribution in [2.45, 2.75) is 26.0 Å². The number of halogens is 1. The molecule has 0 fully saturated rings. The molecule has 0 bridgehead atoms. The van der Waals surface area contributed by atoms with Crippen molar-refractivity contribution in [3.63, 3.8) is 0 Å². The second kappa shape index (κ2) is 4.50. The van der Waals surface area contributed by atoms with Crippen molar-refractivity contribution in [1.82, 2.24) is 29.3 Å². The lowest BCUT2D eigenvalue weighted by Crippen LogP contribution is -2.33. The Hall–Kier alpha value is -1.99. The van der Waals surface area contributed by atoms with Crippen LogP contribution in [-0.2, 0) is 23.9 Å². The normalized spacial score (nSPS) is 16.9. The molecule has 1 aliphatic rings. The maximum Gasteiger partial charge on any atom is 0.225 e. The summed E-state index contributed by atoms with van der Waals surface area (Å²) in [4.78, 5) is 13.5. The lowest BCUT2D eigenvalue weighted by atomic mass is 10.1. The van der Waals surface area contributed by atoms with Gasteiger partial charge >= 0.3 is 0 Å². The van der Waals surface area contributed by atoms with E-state index >= 15 is 0 Å². The van der Waals surface area contributed by atoms with Crippen molar-refractivity contribution >= 4 is 22.8 Å². The average molecular weight is 319 g/mol. The van der Waals surface area contributed by atoms with E-state index in [1.54, 1.807) is 10.9 Å². The van der Waals surface area contributed by atoms with Gasteiger partial charge in [0, 0.05) is 25.4 Å². The van der Waals surface area contributed by atoms with Gasteiger partial charge in [-0.05, 0) is 25.4 Å². The number of aromatic nitrogens is 6. The predicted molar refractivity (Wildman–Crippen MR) is 81.5 cm³/mol. The van der Waals surface area contributed by atoms with Crippen LogP contribution in [-0.4, -0.2) is 35.9 Å². The molecule has 0 saturated carbocycles. The van der Waals surface area contributed by atoms with E-state index < -0.39 is 5.60 Å². The number of imidazole rings is 1. The zero-order chi connectivity index (χ0) is 15.5. The minimum absolute atomic E-state index is 0.207. The fourth-order valence-electron chi connectivity index (χ4n) is 2.85. The Kier molecular flexibility index (Phi) is 2.79. The van der Waals surface area contributed by atoms with Crippen LogP contribution < -0.4 is 0 Å². The van der Waals surface area contributed by atoms with Gasteiger partial charge in [-0.1, -0.05) is 0 Å². The number of hydrogen-bond acceptors (Lipinski definition) is 5. The summed E-state index contributed by atoms with van der Waals surface area (Å²) in [6, 6.07) is 0. The lowest BCUT2D eigenvalue weighted by Gasteiger charge is -2.30. The van der Waals surface area contributed by atoms with Gasteiger partial charge < -0.3 is 9.30 Å². The van der Waals surface area contributed by atoms with Crippen molar-refractivity contribution in [2.75, 3.05) is 6.61 Å². The van der Waals surface area contributed by atoms with Gasteiger partial charge in [0.15, 0.2) is 5.65 Å². The summed E-state index contributed by atoms with van der Waals surface area (Å²) in [6.45, 7) is 5.33. The van der Waals surface area contributed by atoms with Crippen LogP contribution in [0.3, 0.4) is 0 Å². The third kappa shape index (κ3) is 1.93. The van der Waals surface area contributed by atoms with E-state index in [0.29, 0.717) is 18.8 Å². The second-order valence-electron chi connectivity index (χ2n) is 5.86. The lowest BCUT2D eigenvalue weighted by molar-refractivity contribution is -0.0530. The first-order valence-electron chi connectivity index (χ1n) is 7.03. The zero-order valence-electron chi connectivity index (χ0n) is 12.5. The maximum absolute atomic E-state index is 6.13. The van der Waals surface area contributed by atoms with E-state index in [9.17, 15) is 0 Å². The van der Waals surface area contributed by atoms with Gasteiger partial charge in [0.1, 0.15) is 22.6 Å². The highest BCUT2D eigenvalue weighted by molar-refractivity contribution is 6.28. The van der Waals surface area contributed by atoms with Crippen LogP contribution in [0.5, 0.6) is 0 Å². The summed E-state index contributed by atoms with van der Waals surface area (Å²) in [5.74, 6) is 0.843. The molecule has 7 nitrogen and oxygen atoms in total. The summed E-state index contributed by atoms with van der Waals surface area (Å²) < 4.78 is 9.60. The Balaban J connectivity index is 2.05. The number of hydrogen-bond donors (Lipinski definition) is 0. The Morgan fingerprint density at radius 3 is 2.82 bits per heavy atom. The van der Waals surface area contributed by atoms with E-state index in [1.807, 2.05) is 27.1 Å². The highest BCUT2D eigenvalue weighted by atomic mass is 35.5. The minimum atomic E-state index is -0.461. The molecule has 0 spiro atoms. The average Bonchev–Trinajstić information content (AvgIpc) is 3.03. The number of nitrogens with zero attached hydrogens (tertiary/aromatic N) is 6. The molecule has 4 heterocycles. The number of rotatable bonds is 1. The molecule has 22 heavy (non-hydrogen) atoms. The Bertz CT molecular complexity index is 881. The van der Waals surface area contributed by atoms with Gasteiger partial charge in [-0.15, -0.1) is 0 Å². The third-order valence-corrected chi connectivity index (χ3v) is 4.03. The molecule has 4 rings (SSSR count). The van der Waals surface area contributed by atoms with Gasteiger partial charge in [0.2, 0.25) is 5.28 Å². The molecule has 0 aliphatic carbocycles. The van der Waals surface area contributed by atoms with Crippen molar-refractivity contribution in [3.05, 3.63) is 23.5 Å². The monoisotopic (exact) mass is 318 g/mol. The summed E-state index contributed by atoms with van der Waals surface area (Å²) in [7, 11) is 1.86. The molecule has 0 atom stereocenters. The van der Waals surface area contributed by atoms with Gasteiger partial charge in [0.25, 0.3) is 0 Å². The first kappa shape index (κ1) is 13.7. The number of fused-ring (bicyclic) bond motifs is 3. The molecule has 0 radical (unpaired) electrons. The van der Waals surface area contributed by atoms with Gasteiger partial charge in [-0.3, -0.25) is 4.68 Å². The highest BCUT2D eigenvalue weighted by Gasteiger charge is 2.33. The molecule has 1 aliphatic heterocycles. The predicted octanol–water partition coefficient (Wildman–Crippen LogP) is 2.15. The van der Waals surface area contributed by atoms with E-state index in [2.05, 4.69) is 19.6 Å². The van der Waals surface area contributed by atoms with E-state index in [1.165, 1.54) is 0 Å². The minimum Gasteiger partial charge on any atom is -0.366 e. The fourth-order valence-corrected chi connectivity index (χ4v) is 3.01. The quantitative estimate of drug-likeness (QED) is 0.643. The molecule has 0 N–H and O–H groups in total. The van der Waals surface area contributed by atoms with Crippen molar-refractivity contribution in [3.8, 4) is 11.3 Å². The van der Waals surface area contributed by atoms with E-state index in [4.69, 9.17) is 21.3 Å². The summed E-state index contributed by atoms with van der Waals surface area (Å²) in [5, 5.41) is 4.40. The zero-order valence-corrected chi connectivity index (χ0v) is 13.3. The van der Waals surface area contributed by atoms with Crippen LogP contribution in [0.1, 0.15) is 19.7 Å². The fraction of sp³-hybridized carbons (Fsp3) is 0.429. The van der Waals surface area contributed by atoms with Crippen molar-refractivity contribution in [1.29, 1.82) is 0 Å². The van der Waals surface area contributed by atoms with E-state index in [-0.39, 0.29) is 5.28 Å². The standard InChI is InChI=1S/C14H15ClN6O/c1-14(2)12-17-10-9(8-6-16-20(3)7-8)18-13(15)19-11(10)21(12)4-5-22-14/h6-7H,4-5H2,1-3H3. The van der Waals surface area contributed by atoms with Crippen molar-refractivity contribution < 1.29 is 4.74 Å². The molecular formula is C14H15ClN6O. The molecule has 0 saturated heterocycles. The van der Waals surface area contributed by atoms with Crippen LogP contribution >= 0.6 is 11.6 Å². The summed E-state index contributed by atoms with van der Waals surface area (Å²) in [6.07, 6.45) is 3.64. The maximum atomic E-state index is 6.13. The molecule has 3 aromatic heterocycles. The van der Waals surface area contributed by atoms with E-state index in [0.717, 1.165) is 22.6 Å². The van der Waals surface area contributed by atoms with Crippen LogP contribution in [0, 0.1) is 0 Å². The van der Waals surface area contributed by atoms with Crippen LogP contribution in [0.15, 0.2) is 12.4 Å². The molecule has 3 aromatic rings. The van der Waals surface area contributed by atoms with Gasteiger partial charge in [-0.2, -0.15) is 10.1 Å². The second-order valence-corrected chi connectivity index (χ2v) is 6.20. The van der Waals surface area contributed by atoms with Gasteiger partial charge in [-0.25, -0.2) is 9.97 Å². The topological polar surface area (TPSA) is 70.7 Å². The molecule has 114 valence electrons. The highest BCUT2D eigenvalue weighted by Crippen LogP contribution is 2.34. The number of aryl methyl sites for hydroxylation is 1. The molecule has 0 unspecified atom stereocenters. The molecule has 8 heteroatoms. The first-order chi connectivity index (χ1) is 10.5. The Morgan fingerprint density at radius 2 is 2.09 bits per heavy atom. The number of ether oxygens (including phenoxy) is 1. The largest absolute Gasteiger partial charge is 0.366 e. The Morgan fingerprint density at radius 1 is 1.27 bits per heavy atom. The summed E-state index contributed by atoms with van der Waals surface area (Å²) in [5.41, 5.74) is 2.57. The third-order valence-electron chi connectivity index (χ3n) is 3.86. The Labute approximate surface area is 131 Å². The molecule has 0 amide bonds. The van der Waals surface area contributed by atoms with Crippen LogP contribution in [0.2, 0.25) is 5.28 Å². The SMILES string of the molecule is Cn1cc(-c2nc(Cl)nc3c2nc2n3CCOC2(C)C)cn1. The van der Waals surface area contributed by atoms with Crippen molar-refractivity contribution in [2.24, 2.45) is 7.05 Å².